The highest BCUT2D eigenvalue weighted by Gasteiger charge is 2.37. The van der Waals surface area contributed by atoms with E-state index in [0.717, 1.165) is 24.3 Å². The average Bonchev–Trinajstić information content (AvgIpc) is 2.72. The summed E-state index contributed by atoms with van der Waals surface area (Å²) in [7, 11) is -3.25. The van der Waals surface area contributed by atoms with Crippen LogP contribution in [0.1, 0.15) is 49.3 Å². The Morgan fingerprint density at radius 3 is 2.29 bits per heavy atom. The van der Waals surface area contributed by atoms with Crippen LogP contribution < -0.4 is 4.72 Å². The van der Waals surface area contributed by atoms with Gasteiger partial charge in [0.25, 0.3) is 0 Å². The molecule has 0 fully saturated rings. The summed E-state index contributed by atoms with van der Waals surface area (Å²) in [6.45, 7) is 0. The molecule has 170 valence electrons. The lowest BCUT2D eigenvalue weighted by Crippen LogP contribution is -2.30. The molecule has 0 bridgehead atoms. The van der Waals surface area contributed by atoms with Crippen molar-refractivity contribution in [2.45, 2.75) is 49.2 Å². The number of rotatable bonds is 10. The van der Waals surface area contributed by atoms with Gasteiger partial charge in [-0.3, -0.25) is 4.79 Å². The third kappa shape index (κ3) is 7.32. The topological polar surface area (TPSA) is 72.5 Å². The number of nitrogens with one attached hydrogen (secondary N) is 1. The first-order valence-electron chi connectivity index (χ1n) is 9.55. The summed E-state index contributed by atoms with van der Waals surface area (Å²) in [5.74, 6) is -0.884. The SMILES string of the molecule is COC(=O)CCCCCC(NS(=O)(=O)c1ccccc1C(F)(F)F)c1ccc(F)cc1. The number of ether oxygens (including phenoxy) is 1. The van der Waals surface area contributed by atoms with Crippen LogP contribution in [0.2, 0.25) is 0 Å². The number of sulfonamides is 1. The molecular weight excluding hydrogens is 438 g/mol. The summed E-state index contributed by atoms with van der Waals surface area (Å²) in [6, 6.07) is 8.11. The van der Waals surface area contributed by atoms with E-state index in [1.54, 1.807) is 0 Å². The Hall–Kier alpha value is -2.46. The van der Waals surface area contributed by atoms with Crippen LogP contribution in [0.4, 0.5) is 17.6 Å². The van der Waals surface area contributed by atoms with E-state index in [9.17, 15) is 30.8 Å². The molecule has 1 unspecified atom stereocenters. The monoisotopic (exact) mass is 461 g/mol. The lowest BCUT2D eigenvalue weighted by Gasteiger charge is -2.21. The summed E-state index contributed by atoms with van der Waals surface area (Å²) >= 11 is 0. The van der Waals surface area contributed by atoms with Crippen molar-refractivity contribution in [1.29, 1.82) is 0 Å². The minimum Gasteiger partial charge on any atom is -0.469 e. The number of hydrogen-bond donors (Lipinski definition) is 1. The van der Waals surface area contributed by atoms with Crippen molar-refractivity contribution in [1.82, 2.24) is 4.72 Å². The van der Waals surface area contributed by atoms with Gasteiger partial charge < -0.3 is 4.74 Å². The Balaban J connectivity index is 2.22. The second-order valence-corrected chi connectivity index (χ2v) is 8.58. The minimum atomic E-state index is -4.84. The first-order chi connectivity index (χ1) is 14.5. The molecule has 0 aliphatic heterocycles. The molecule has 0 heterocycles. The molecule has 10 heteroatoms. The third-order valence-electron chi connectivity index (χ3n) is 4.65. The Kier molecular flexibility index (Phi) is 8.58. The Labute approximate surface area is 178 Å². The molecule has 1 atom stereocenters. The maximum atomic E-state index is 13.3. The molecule has 2 aromatic carbocycles. The van der Waals surface area contributed by atoms with Gasteiger partial charge in [0.05, 0.1) is 17.6 Å². The van der Waals surface area contributed by atoms with Gasteiger partial charge in [0.2, 0.25) is 10.0 Å². The number of carbonyl (C=O) groups excluding carboxylic acids is 1. The number of unbranched alkanes of at least 4 members (excludes halogenated alkanes) is 2. The Morgan fingerprint density at radius 1 is 1.03 bits per heavy atom. The molecule has 31 heavy (non-hydrogen) atoms. The molecule has 0 aromatic heterocycles. The largest absolute Gasteiger partial charge is 0.469 e. The van der Waals surface area contributed by atoms with E-state index in [2.05, 4.69) is 9.46 Å². The molecule has 0 spiro atoms. The molecule has 0 aliphatic carbocycles. The highest BCUT2D eigenvalue weighted by Crippen LogP contribution is 2.34. The van der Waals surface area contributed by atoms with E-state index < -0.39 is 38.5 Å². The van der Waals surface area contributed by atoms with Crippen LogP contribution in [-0.4, -0.2) is 21.5 Å². The lowest BCUT2D eigenvalue weighted by atomic mass is 10.0. The van der Waals surface area contributed by atoms with E-state index in [-0.39, 0.29) is 18.8 Å². The number of carbonyl (C=O) groups is 1. The van der Waals surface area contributed by atoms with E-state index >= 15 is 0 Å². The van der Waals surface area contributed by atoms with E-state index in [1.807, 2.05) is 0 Å². The van der Waals surface area contributed by atoms with Crippen LogP contribution in [0.5, 0.6) is 0 Å². The number of hydrogen-bond acceptors (Lipinski definition) is 4. The smallest absolute Gasteiger partial charge is 0.417 e. The molecule has 0 amide bonds. The van der Waals surface area contributed by atoms with E-state index in [1.165, 1.54) is 25.3 Å². The van der Waals surface area contributed by atoms with Gasteiger partial charge in [-0.15, -0.1) is 0 Å². The maximum absolute atomic E-state index is 13.3. The van der Waals surface area contributed by atoms with Crippen molar-refractivity contribution in [2.24, 2.45) is 0 Å². The van der Waals surface area contributed by atoms with Gasteiger partial charge in [-0.25, -0.2) is 17.5 Å². The molecule has 0 saturated heterocycles. The standard InChI is InChI=1S/C21H23F4NO4S/c1-30-20(27)10-4-2-3-8-18(15-11-13-16(22)14-12-15)26-31(28,29)19-9-6-5-7-17(19)21(23,24)25/h5-7,9,11-14,18,26H,2-4,8,10H2,1H3. The van der Waals surface area contributed by atoms with Gasteiger partial charge in [0.1, 0.15) is 5.82 Å². The summed E-state index contributed by atoms with van der Waals surface area (Å²) < 4.78 is 85.7. The van der Waals surface area contributed by atoms with Gasteiger partial charge in [0, 0.05) is 12.5 Å². The van der Waals surface area contributed by atoms with Gasteiger partial charge in [-0.05, 0) is 42.7 Å². The summed E-state index contributed by atoms with van der Waals surface area (Å²) in [5.41, 5.74) is -0.846. The molecular formula is C21H23F4NO4S. The van der Waals surface area contributed by atoms with Gasteiger partial charge in [0.15, 0.2) is 0 Å². The van der Waals surface area contributed by atoms with Gasteiger partial charge >= 0.3 is 12.1 Å². The van der Waals surface area contributed by atoms with E-state index in [0.29, 0.717) is 30.9 Å². The fraction of sp³-hybridized carbons (Fsp3) is 0.381. The number of benzene rings is 2. The Bertz CT molecular complexity index is 976. The van der Waals surface area contributed by atoms with Crippen molar-refractivity contribution < 1.29 is 35.5 Å². The first-order valence-corrected chi connectivity index (χ1v) is 11.0. The lowest BCUT2D eigenvalue weighted by molar-refractivity contribution is -0.141. The maximum Gasteiger partial charge on any atom is 0.417 e. The second-order valence-electron chi connectivity index (χ2n) is 6.89. The predicted octanol–water partition coefficient (Wildman–Crippen LogP) is 4.99. The van der Waals surface area contributed by atoms with Crippen LogP contribution in [0.3, 0.4) is 0 Å². The minimum absolute atomic E-state index is 0.211. The number of alkyl halides is 3. The van der Waals surface area contributed by atoms with Gasteiger partial charge in [-0.2, -0.15) is 13.2 Å². The fourth-order valence-corrected chi connectivity index (χ4v) is 4.56. The fourth-order valence-electron chi connectivity index (χ4n) is 3.07. The molecule has 0 radical (unpaired) electrons. The molecule has 0 aliphatic rings. The van der Waals surface area contributed by atoms with Crippen molar-refractivity contribution in [3.05, 3.63) is 65.5 Å². The summed E-state index contributed by atoms with van der Waals surface area (Å²) in [4.78, 5) is 10.3. The predicted molar refractivity (Wildman–Crippen MR) is 106 cm³/mol. The quantitative estimate of drug-likeness (QED) is 0.308. The molecule has 2 aromatic rings. The van der Waals surface area contributed by atoms with Crippen LogP contribution in [-0.2, 0) is 25.7 Å². The number of esters is 1. The number of halogens is 4. The number of methoxy groups -OCH3 is 1. The van der Waals surface area contributed by atoms with E-state index in [4.69, 9.17) is 0 Å². The highest BCUT2D eigenvalue weighted by atomic mass is 32.2. The van der Waals surface area contributed by atoms with Gasteiger partial charge in [-0.1, -0.05) is 37.1 Å². The molecule has 1 N–H and O–H groups in total. The van der Waals surface area contributed by atoms with Crippen LogP contribution in [0.15, 0.2) is 53.4 Å². The van der Waals surface area contributed by atoms with Crippen LogP contribution >= 0.6 is 0 Å². The molecule has 0 saturated carbocycles. The highest BCUT2D eigenvalue weighted by molar-refractivity contribution is 7.89. The second kappa shape index (κ2) is 10.7. The van der Waals surface area contributed by atoms with Crippen molar-refractivity contribution in [3.63, 3.8) is 0 Å². The zero-order chi connectivity index (χ0) is 23.1. The van der Waals surface area contributed by atoms with Crippen molar-refractivity contribution >= 4 is 16.0 Å². The van der Waals surface area contributed by atoms with Crippen molar-refractivity contribution in [3.8, 4) is 0 Å². The normalized spacial score (nSPS) is 13.1. The third-order valence-corrected chi connectivity index (χ3v) is 6.18. The summed E-state index contributed by atoms with van der Waals surface area (Å²) in [5, 5.41) is 0. The summed E-state index contributed by atoms with van der Waals surface area (Å²) in [6.07, 6.45) is -2.80. The zero-order valence-corrected chi connectivity index (χ0v) is 17.6. The molecule has 2 rings (SSSR count). The Morgan fingerprint density at radius 2 is 1.68 bits per heavy atom. The average molecular weight is 461 g/mol. The molecule has 5 nitrogen and oxygen atoms in total. The van der Waals surface area contributed by atoms with Crippen molar-refractivity contribution in [2.75, 3.05) is 7.11 Å². The van der Waals surface area contributed by atoms with Crippen LogP contribution in [0, 0.1) is 5.82 Å². The zero-order valence-electron chi connectivity index (χ0n) is 16.8. The first kappa shape index (κ1) is 24.8. The van der Waals surface area contributed by atoms with Crippen LogP contribution in [0.25, 0.3) is 0 Å².